The highest BCUT2D eigenvalue weighted by atomic mass is 16.5. The van der Waals surface area contributed by atoms with Crippen LogP contribution in [0, 0.1) is 5.41 Å². The number of carboxylic acid groups (broad SMARTS) is 1. The molecule has 0 aromatic rings. The quantitative estimate of drug-likeness (QED) is 0.488. The van der Waals surface area contributed by atoms with Gasteiger partial charge in [-0.15, -0.1) is 0 Å². The Hall–Kier alpha value is -1.56. The Morgan fingerprint density at radius 2 is 2.20 bits per heavy atom. The van der Waals surface area contributed by atoms with Crippen LogP contribution >= 0.6 is 0 Å². The van der Waals surface area contributed by atoms with Gasteiger partial charge in [-0.3, -0.25) is 4.79 Å². The molecule has 1 aliphatic rings. The summed E-state index contributed by atoms with van der Waals surface area (Å²) in [5.74, 6) is -0.856. The van der Waals surface area contributed by atoms with Crippen molar-refractivity contribution in [3.63, 3.8) is 0 Å². The van der Waals surface area contributed by atoms with Crippen molar-refractivity contribution < 1.29 is 19.4 Å². The van der Waals surface area contributed by atoms with E-state index < -0.39 is 11.4 Å². The number of hydrogen-bond acceptors (Lipinski definition) is 3. The molecule has 3 N–H and O–H groups in total. The van der Waals surface area contributed by atoms with E-state index >= 15 is 0 Å². The number of carboxylic acids is 1. The van der Waals surface area contributed by atoms with Gasteiger partial charge in [0.15, 0.2) is 0 Å². The van der Waals surface area contributed by atoms with E-state index in [9.17, 15) is 14.7 Å². The molecule has 6 nitrogen and oxygen atoms in total. The lowest BCUT2D eigenvalue weighted by Crippen LogP contribution is -2.50. The third kappa shape index (κ3) is 4.52. The molecule has 20 heavy (non-hydrogen) atoms. The third-order valence-electron chi connectivity index (χ3n) is 3.63. The average molecular weight is 284 g/mol. The summed E-state index contributed by atoms with van der Waals surface area (Å²) in [6.45, 7) is 8.52. The summed E-state index contributed by atoms with van der Waals surface area (Å²) in [5, 5.41) is 14.7. The summed E-state index contributed by atoms with van der Waals surface area (Å²) in [6.07, 6.45) is 2.10. The van der Waals surface area contributed by atoms with Gasteiger partial charge in [-0.2, -0.15) is 0 Å². The van der Waals surface area contributed by atoms with E-state index in [1.54, 1.807) is 6.92 Å². The van der Waals surface area contributed by atoms with Crippen LogP contribution in [0.5, 0.6) is 0 Å². The van der Waals surface area contributed by atoms with Crippen molar-refractivity contribution in [2.45, 2.75) is 39.2 Å². The molecule has 1 rings (SSSR count). The first-order valence-electron chi connectivity index (χ1n) is 6.86. The molecule has 0 radical (unpaired) electrons. The van der Waals surface area contributed by atoms with Gasteiger partial charge in [-0.25, -0.2) is 4.79 Å². The molecule has 0 heterocycles. The second-order valence-electron chi connectivity index (χ2n) is 5.58. The minimum atomic E-state index is -0.867. The molecule has 2 unspecified atom stereocenters. The zero-order chi connectivity index (χ0) is 15.2. The lowest BCUT2D eigenvalue weighted by atomic mass is 9.85. The second-order valence-corrected chi connectivity index (χ2v) is 5.58. The molecular weight excluding hydrogens is 260 g/mol. The lowest BCUT2D eigenvalue weighted by molar-refractivity contribution is -0.148. The first kappa shape index (κ1) is 16.5. The van der Waals surface area contributed by atoms with Crippen LogP contribution in [0.25, 0.3) is 0 Å². The van der Waals surface area contributed by atoms with Gasteiger partial charge < -0.3 is 20.5 Å². The number of aliphatic carboxylic acids is 1. The summed E-state index contributed by atoms with van der Waals surface area (Å²) in [5.41, 5.74) is 0.0611. The highest BCUT2D eigenvalue weighted by Crippen LogP contribution is 2.38. The monoisotopic (exact) mass is 284 g/mol. The number of carbonyl (C=O) groups excluding carboxylic acids is 1. The number of rotatable bonds is 7. The molecule has 1 fully saturated rings. The highest BCUT2D eigenvalue weighted by molar-refractivity contribution is 5.79. The smallest absolute Gasteiger partial charge is 0.315 e. The van der Waals surface area contributed by atoms with Gasteiger partial charge in [-0.05, 0) is 26.7 Å². The highest BCUT2D eigenvalue weighted by Gasteiger charge is 2.45. The first-order valence-corrected chi connectivity index (χ1v) is 6.86. The number of carbonyl (C=O) groups is 2. The normalized spacial score (nSPS) is 25.2. The van der Waals surface area contributed by atoms with Crippen LogP contribution < -0.4 is 10.6 Å². The fourth-order valence-electron chi connectivity index (χ4n) is 2.35. The van der Waals surface area contributed by atoms with Crippen molar-refractivity contribution in [2.75, 3.05) is 19.8 Å². The van der Waals surface area contributed by atoms with Gasteiger partial charge in [0.25, 0.3) is 0 Å². The van der Waals surface area contributed by atoms with Crippen LogP contribution in [0.3, 0.4) is 0 Å². The Balaban J connectivity index is 2.28. The number of nitrogens with one attached hydrogen (secondary N) is 2. The summed E-state index contributed by atoms with van der Waals surface area (Å²) in [6, 6.07) is -0.667. The van der Waals surface area contributed by atoms with Crippen LogP contribution in [-0.2, 0) is 9.53 Å². The van der Waals surface area contributed by atoms with Gasteiger partial charge in [-0.1, -0.05) is 18.6 Å². The maximum Gasteiger partial charge on any atom is 0.315 e. The minimum Gasteiger partial charge on any atom is -0.481 e. The Morgan fingerprint density at radius 1 is 1.50 bits per heavy atom. The topological polar surface area (TPSA) is 87.7 Å². The van der Waals surface area contributed by atoms with Crippen LogP contribution in [0.2, 0.25) is 0 Å². The van der Waals surface area contributed by atoms with E-state index in [-0.39, 0.29) is 12.1 Å². The van der Waals surface area contributed by atoms with E-state index in [0.717, 1.165) is 12.0 Å². The fourth-order valence-corrected chi connectivity index (χ4v) is 2.35. The largest absolute Gasteiger partial charge is 0.481 e. The Kier molecular flexibility index (Phi) is 6.01. The maximum absolute atomic E-state index is 11.7. The molecule has 0 aromatic heterocycles. The zero-order valence-corrected chi connectivity index (χ0v) is 12.2. The summed E-state index contributed by atoms with van der Waals surface area (Å²) in [7, 11) is 0. The summed E-state index contributed by atoms with van der Waals surface area (Å²) in [4.78, 5) is 23.0. The fraction of sp³-hybridized carbons (Fsp3) is 0.714. The Morgan fingerprint density at radius 3 is 2.80 bits per heavy atom. The van der Waals surface area contributed by atoms with Crippen LogP contribution in [0.15, 0.2) is 12.2 Å². The van der Waals surface area contributed by atoms with Gasteiger partial charge in [0.05, 0.1) is 18.6 Å². The molecular formula is C14H24N2O4. The molecule has 1 aliphatic carbocycles. The maximum atomic E-state index is 11.7. The number of ether oxygens (including phenoxy) is 1. The van der Waals surface area contributed by atoms with Crippen molar-refractivity contribution in [1.82, 2.24) is 10.6 Å². The zero-order valence-electron chi connectivity index (χ0n) is 12.2. The van der Waals surface area contributed by atoms with Gasteiger partial charge in [0.2, 0.25) is 0 Å². The van der Waals surface area contributed by atoms with E-state index in [1.807, 2.05) is 6.92 Å². The van der Waals surface area contributed by atoms with Gasteiger partial charge in [0, 0.05) is 12.6 Å². The Labute approximate surface area is 119 Å². The first-order chi connectivity index (χ1) is 9.36. The lowest BCUT2D eigenvalue weighted by Gasteiger charge is -2.27. The minimum absolute atomic E-state index is 0.323. The van der Waals surface area contributed by atoms with E-state index in [2.05, 4.69) is 17.2 Å². The molecule has 0 saturated heterocycles. The number of hydrogen-bond donors (Lipinski definition) is 3. The van der Waals surface area contributed by atoms with Gasteiger partial charge in [0.1, 0.15) is 0 Å². The SMILES string of the molecule is C=C(C)COCCNC(=O)NC1CCCC1(C)C(=O)O. The second kappa shape index (κ2) is 7.28. The molecule has 2 atom stereocenters. The molecule has 6 heteroatoms. The standard InChI is InChI=1S/C14H24N2O4/c1-10(2)9-20-8-7-15-13(19)16-11-5-4-6-14(11,3)12(17)18/h11H,1,4-9H2,2-3H3,(H,17,18)(H2,15,16,19). The van der Waals surface area contributed by atoms with Crippen molar-refractivity contribution in [2.24, 2.45) is 5.41 Å². The molecule has 0 aromatic carbocycles. The summed E-state index contributed by atoms with van der Waals surface area (Å²) < 4.78 is 5.26. The van der Waals surface area contributed by atoms with E-state index in [0.29, 0.717) is 32.6 Å². The molecule has 0 spiro atoms. The molecule has 114 valence electrons. The molecule has 1 saturated carbocycles. The van der Waals surface area contributed by atoms with Crippen LogP contribution in [0.4, 0.5) is 4.79 Å². The van der Waals surface area contributed by atoms with Gasteiger partial charge >= 0.3 is 12.0 Å². The molecule has 2 amide bonds. The number of amides is 2. The van der Waals surface area contributed by atoms with Crippen molar-refractivity contribution in [3.05, 3.63) is 12.2 Å². The molecule has 0 bridgehead atoms. The third-order valence-corrected chi connectivity index (χ3v) is 3.63. The van der Waals surface area contributed by atoms with Crippen LogP contribution in [0.1, 0.15) is 33.1 Å². The predicted molar refractivity (Wildman–Crippen MR) is 75.5 cm³/mol. The number of urea groups is 1. The van der Waals surface area contributed by atoms with Crippen molar-refractivity contribution in [3.8, 4) is 0 Å². The Bertz CT molecular complexity index is 383. The van der Waals surface area contributed by atoms with Crippen molar-refractivity contribution >= 4 is 12.0 Å². The summed E-state index contributed by atoms with van der Waals surface area (Å²) >= 11 is 0. The predicted octanol–water partition coefficient (Wildman–Crippen LogP) is 1.52. The van der Waals surface area contributed by atoms with E-state index in [4.69, 9.17) is 4.74 Å². The van der Waals surface area contributed by atoms with Crippen LogP contribution in [-0.4, -0.2) is 42.9 Å². The average Bonchev–Trinajstić information content (AvgIpc) is 2.71. The van der Waals surface area contributed by atoms with Crippen molar-refractivity contribution in [1.29, 1.82) is 0 Å². The van der Waals surface area contributed by atoms with E-state index in [1.165, 1.54) is 0 Å². The molecule has 0 aliphatic heterocycles.